The molecule has 23 heavy (non-hydrogen) atoms. The SMILES string of the molecule is CCCOc1ccc(CCC(=O)N(C)C2CCNCC2)cc1.Cl. The van der Waals surface area contributed by atoms with Gasteiger partial charge in [-0.2, -0.15) is 0 Å². The van der Waals surface area contributed by atoms with Crippen LogP contribution in [0, 0.1) is 0 Å². The van der Waals surface area contributed by atoms with E-state index in [1.807, 2.05) is 24.1 Å². The normalized spacial score (nSPS) is 14.9. The van der Waals surface area contributed by atoms with Crippen molar-refractivity contribution in [3.8, 4) is 5.75 Å². The minimum Gasteiger partial charge on any atom is -0.494 e. The first-order valence-electron chi connectivity index (χ1n) is 8.39. The number of piperidine rings is 1. The Morgan fingerprint density at radius 1 is 1.26 bits per heavy atom. The van der Waals surface area contributed by atoms with Crippen LogP contribution >= 0.6 is 12.4 Å². The number of benzene rings is 1. The van der Waals surface area contributed by atoms with Crippen LogP contribution in [-0.2, 0) is 11.2 Å². The van der Waals surface area contributed by atoms with E-state index in [-0.39, 0.29) is 18.3 Å². The van der Waals surface area contributed by atoms with Gasteiger partial charge in [-0.15, -0.1) is 12.4 Å². The number of carbonyl (C=O) groups is 1. The van der Waals surface area contributed by atoms with Gasteiger partial charge in [0.25, 0.3) is 0 Å². The minimum absolute atomic E-state index is 0. The molecule has 0 aliphatic carbocycles. The van der Waals surface area contributed by atoms with Crippen LogP contribution in [0.5, 0.6) is 5.75 Å². The molecule has 0 spiro atoms. The minimum atomic E-state index is 0. The molecule has 1 aromatic rings. The van der Waals surface area contributed by atoms with Gasteiger partial charge in [0, 0.05) is 19.5 Å². The highest BCUT2D eigenvalue weighted by Crippen LogP contribution is 2.15. The maximum Gasteiger partial charge on any atom is 0.222 e. The van der Waals surface area contributed by atoms with Crippen molar-refractivity contribution < 1.29 is 9.53 Å². The summed E-state index contributed by atoms with van der Waals surface area (Å²) < 4.78 is 5.57. The first-order chi connectivity index (χ1) is 10.7. The van der Waals surface area contributed by atoms with Crippen LogP contribution in [-0.4, -0.2) is 43.6 Å². The fourth-order valence-electron chi connectivity index (χ4n) is 2.80. The molecule has 1 amide bonds. The highest BCUT2D eigenvalue weighted by atomic mass is 35.5. The van der Waals surface area contributed by atoms with Crippen LogP contribution < -0.4 is 10.1 Å². The molecule has 0 unspecified atom stereocenters. The average Bonchev–Trinajstić information content (AvgIpc) is 2.58. The number of rotatable bonds is 7. The smallest absolute Gasteiger partial charge is 0.222 e. The van der Waals surface area contributed by atoms with Crippen molar-refractivity contribution in [3.63, 3.8) is 0 Å². The van der Waals surface area contributed by atoms with E-state index in [0.29, 0.717) is 12.5 Å². The Kier molecular flexibility index (Phi) is 9.03. The molecule has 1 aromatic carbocycles. The molecule has 1 N–H and O–H groups in total. The van der Waals surface area contributed by atoms with Gasteiger partial charge in [-0.1, -0.05) is 19.1 Å². The van der Waals surface area contributed by atoms with Crippen molar-refractivity contribution in [2.75, 3.05) is 26.7 Å². The number of aryl methyl sites for hydroxylation is 1. The van der Waals surface area contributed by atoms with Crippen LogP contribution in [0.4, 0.5) is 0 Å². The van der Waals surface area contributed by atoms with Crippen LogP contribution in [0.3, 0.4) is 0 Å². The molecule has 1 saturated heterocycles. The van der Waals surface area contributed by atoms with Crippen LogP contribution in [0.2, 0.25) is 0 Å². The number of hydrogen-bond acceptors (Lipinski definition) is 3. The Morgan fingerprint density at radius 2 is 1.91 bits per heavy atom. The third-order valence-electron chi connectivity index (χ3n) is 4.27. The number of hydrogen-bond donors (Lipinski definition) is 1. The first-order valence-corrected chi connectivity index (χ1v) is 8.39. The van der Waals surface area contributed by atoms with Gasteiger partial charge in [-0.05, 0) is 56.5 Å². The molecule has 1 fully saturated rings. The molecule has 130 valence electrons. The van der Waals surface area contributed by atoms with Crippen molar-refractivity contribution in [3.05, 3.63) is 29.8 Å². The lowest BCUT2D eigenvalue weighted by atomic mass is 10.0. The number of nitrogens with zero attached hydrogens (tertiary/aromatic N) is 1. The van der Waals surface area contributed by atoms with Gasteiger partial charge in [-0.25, -0.2) is 0 Å². The molecular formula is C18H29ClN2O2. The summed E-state index contributed by atoms with van der Waals surface area (Å²) in [5.41, 5.74) is 1.19. The predicted octanol–water partition coefficient (Wildman–Crippen LogP) is 3.04. The van der Waals surface area contributed by atoms with Crippen molar-refractivity contribution >= 4 is 18.3 Å². The largest absolute Gasteiger partial charge is 0.494 e. The second kappa shape index (κ2) is 10.5. The fraction of sp³-hybridized carbons (Fsp3) is 0.611. The van der Waals surface area contributed by atoms with Gasteiger partial charge in [0.2, 0.25) is 5.91 Å². The Labute approximate surface area is 146 Å². The quantitative estimate of drug-likeness (QED) is 0.829. The average molecular weight is 341 g/mol. The summed E-state index contributed by atoms with van der Waals surface area (Å²) in [7, 11) is 1.94. The van der Waals surface area contributed by atoms with Gasteiger partial charge in [0.05, 0.1) is 6.61 Å². The summed E-state index contributed by atoms with van der Waals surface area (Å²) >= 11 is 0. The second-order valence-electron chi connectivity index (χ2n) is 5.98. The maximum atomic E-state index is 12.3. The molecule has 0 bridgehead atoms. The molecule has 1 heterocycles. The molecule has 0 aromatic heterocycles. The molecular weight excluding hydrogens is 312 g/mol. The number of amides is 1. The molecule has 1 aliphatic rings. The third kappa shape index (κ3) is 6.40. The van der Waals surface area contributed by atoms with Crippen LogP contribution in [0.25, 0.3) is 0 Å². The van der Waals surface area contributed by atoms with E-state index in [1.165, 1.54) is 5.56 Å². The molecule has 0 atom stereocenters. The zero-order chi connectivity index (χ0) is 15.8. The maximum absolute atomic E-state index is 12.3. The number of halogens is 1. The summed E-state index contributed by atoms with van der Waals surface area (Å²) in [6.07, 6.45) is 4.51. The van der Waals surface area contributed by atoms with E-state index in [2.05, 4.69) is 24.4 Å². The highest BCUT2D eigenvalue weighted by molar-refractivity contribution is 5.85. The predicted molar refractivity (Wildman–Crippen MR) is 96.5 cm³/mol. The van der Waals surface area contributed by atoms with E-state index >= 15 is 0 Å². The topological polar surface area (TPSA) is 41.6 Å². The van der Waals surface area contributed by atoms with E-state index in [9.17, 15) is 4.79 Å². The van der Waals surface area contributed by atoms with E-state index < -0.39 is 0 Å². The van der Waals surface area contributed by atoms with Gasteiger partial charge in [-0.3, -0.25) is 4.79 Å². The Hall–Kier alpha value is -1.26. The van der Waals surface area contributed by atoms with E-state index in [4.69, 9.17) is 4.74 Å². The van der Waals surface area contributed by atoms with Gasteiger partial charge in [0.1, 0.15) is 5.75 Å². The highest BCUT2D eigenvalue weighted by Gasteiger charge is 2.21. The summed E-state index contributed by atoms with van der Waals surface area (Å²) in [5.74, 6) is 1.15. The zero-order valence-corrected chi connectivity index (χ0v) is 15.0. The fourth-order valence-corrected chi connectivity index (χ4v) is 2.80. The Balaban J connectivity index is 0.00000264. The number of ether oxygens (including phenoxy) is 1. The summed E-state index contributed by atoms with van der Waals surface area (Å²) in [6, 6.07) is 8.50. The van der Waals surface area contributed by atoms with Crippen molar-refractivity contribution in [1.82, 2.24) is 10.2 Å². The van der Waals surface area contributed by atoms with Crippen LogP contribution in [0.1, 0.15) is 38.2 Å². The lowest BCUT2D eigenvalue weighted by molar-refractivity contribution is -0.132. The van der Waals surface area contributed by atoms with Crippen LogP contribution in [0.15, 0.2) is 24.3 Å². The van der Waals surface area contributed by atoms with E-state index in [1.54, 1.807) is 0 Å². The molecule has 0 radical (unpaired) electrons. The Bertz CT molecular complexity index is 459. The van der Waals surface area contributed by atoms with Crippen molar-refractivity contribution in [2.24, 2.45) is 0 Å². The van der Waals surface area contributed by atoms with Crippen molar-refractivity contribution in [2.45, 2.75) is 45.1 Å². The molecule has 2 rings (SSSR count). The van der Waals surface area contributed by atoms with Gasteiger partial charge >= 0.3 is 0 Å². The third-order valence-corrected chi connectivity index (χ3v) is 4.27. The summed E-state index contributed by atoms with van der Waals surface area (Å²) in [6.45, 7) is 4.88. The Morgan fingerprint density at radius 3 is 2.52 bits per heavy atom. The van der Waals surface area contributed by atoms with Gasteiger partial charge in [0.15, 0.2) is 0 Å². The lowest BCUT2D eigenvalue weighted by Crippen LogP contribution is -2.44. The molecule has 1 aliphatic heterocycles. The van der Waals surface area contributed by atoms with E-state index in [0.717, 1.165) is 51.1 Å². The standard InChI is InChI=1S/C18H28N2O2.ClH/c1-3-14-22-17-7-4-15(5-8-17)6-9-18(21)20(2)16-10-12-19-13-11-16;/h4-5,7-8,16,19H,3,6,9-14H2,1-2H3;1H. The first kappa shape index (κ1) is 19.8. The summed E-state index contributed by atoms with van der Waals surface area (Å²) in [4.78, 5) is 14.2. The summed E-state index contributed by atoms with van der Waals surface area (Å²) in [5, 5.41) is 3.34. The molecule has 5 heteroatoms. The number of nitrogens with one attached hydrogen (secondary N) is 1. The lowest BCUT2D eigenvalue weighted by Gasteiger charge is -2.31. The molecule has 4 nitrogen and oxygen atoms in total. The monoisotopic (exact) mass is 340 g/mol. The zero-order valence-electron chi connectivity index (χ0n) is 14.2. The van der Waals surface area contributed by atoms with Gasteiger partial charge < -0.3 is 15.0 Å². The number of carbonyl (C=O) groups excluding carboxylic acids is 1. The second-order valence-corrected chi connectivity index (χ2v) is 5.98. The van der Waals surface area contributed by atoms with Crippen molar-refractivity contribution in [1.29, 1.82) is 0 Å². The molecule has 0 saturated carbocycles.